The van der Waals surface area contributed by atoms with Crippen molar-refractivity contribution in [3.8, 4) is 0 Å². The Labute approximate surface area is 201 Å². The molecule has 2 aliphatic carbocycles. The molecule has 5 heteroatoms. The SMILES string of the molecule is CC(C)CC1=Cc2ccccc2C1C1[C]([Hf+2])=Cc2ccccc21.OCCO.[Cl-].[Cl-]. The van der Waals surface area contributed by atoms with Gasteiger partial charge < -0.3 is 35.0 Å². The zero-order valence-corrected chi connectivity index (χ0v) is 21.9. The van der Waals surface area contributed by atoms with Gasteiger partial charge in [0.2, 0.25) is 0 Å². The second-order valence-corrected chi connectivity index (χ2v) is 9.65. The molecule has 2 N–H and O–H groups in total. The summed E-state index contributed by atoms with van der Waals surface area (Å²) in [6.45, 7) is 4.42. The molecule has 0 aromatic heterocycles. The summed E-state index contributed by atoms with van der Waals surface area (Å²) in [7, 11) is 0. The van der Waals surface area contributed by atoms with E-state index in [-0.39, 0.29) is 38.0 Å². The molecule has 2 unspecified atom stereocenters. The van der Waals surface area contributed by atoms with Crippen molar-refractivity contribution in [1.82, 2.24) is 0 Å². The van der Waals surface area contributed by atoms with Gasteiger partial charge in [-0.25, -0.2) is 0 Å². The van der Waals surface area contributed by atoms with E-state index in [2.05, 4.69) is 74.5 Å². The van der Waals surface area contributed by atoms with Gasteiger partial charge in [0.1, 0.15) is 0 Å². The molecule has 0 bridgehead atoms. The topological polar surface area (TPSA) is 40.5 Å². The largest absolute Gasteiger partial charge is 1.00 e. The predicted octanol–water partition coefficient (Wildman–Crippen LogP) is -1.12. The molecule has 2 aromatic rings. The smallest absolute Gasteiger partial charge is 0.0662 e. The maximum Gasteiger partial charge on any atom is 0.0662 e. The van der Waals surface area contributed by atoms with Gasteiger partial charge >= 0.3 is 154 Å². The molecule has 2 atom stereocenters. The molecule has 0 aliphatic heterocycles. The van der Waals surface area contributed by atoms with Gasteiger partial charge in [-0.05, 0) is 0 Å². The number of benzene rings is 2. The maximum absolute atomic E-state index is 7.62. The van der Waals surface area contributed by atoms with Crippen LogP contribution < -0.4 is 24.8 Å². The summed E-state index contributed by atoms with van der Waals surface area (Å²) in [4.78, 5) is 0. The first-order chi connectivity index (χ1) is 13.1. The van der Waals surface area contributed by atoms with Crippen molar-refractivity contribution in [3.63, 3.8) is 0 Å². The van der Waals surface area contributed by atoms with Crippen LogP contribution in [0.5, 0.6) is 0 Å². The summed E-state index contributed by atoms with van der Waals surface area (Å²) >= 11 is 1.14. The standard InChI is InChI=1S/C22H21.C2H6O2.2ClH.Hf/c1-15(2)13-18-14-17-8-4-6-10-20(17)22(18)21-12-11-16-7-3-5-9-19(16)21;3-1-2-4;;;/h3-11,14-15,21-22H,13H2,1-2H3;3-4H,1-2H2;2*1H;/q;;;;+2/p-2. The van der Waals surface area contributed by atoms with Gasteiger partial charge in [-0.1, -0.05) is 0 Å². The summed E-state index contributed by atoms with van der Waals surface area (Å²) in [5.74, 6) is 1.81. The Balaban J connectivity index is 0.000000646. The molecule has 153 valence electrons. The van der Waals surface area contributed by atoms with Crippen molar-refractivity contribution in [1.29, 1.82) is 0 Å². The van der Waals surface area contributed by atoms with E-state index in [0.717, 1.165) is 24.4 Å². The van der Waals surface area contributed by atoms with Gasteiger partial charge in [0.15, 0.2) is 0 Å². The minimum atomic E-state index is -0.125. The van der Waals surface area contributed by atoms with Crippen molar-refractivity contribution in [2.24, 2.45) is 5.92 Å². The van der Waals surface area contributed by atoms with E-state index in [1.54, 1.807) is 8.90 Å². The Kier molecular flexibility index (Phi) is 11.1. The van der Waals surface area contributed by atoms with Crippen LogP contribution in [0.25, 0.3) is 12.2 Å². The molecule has 2 aliphatic rings. The van der Waals surface area contributed by atoms with E-state index in [1.807, 2.05) is 0 Å². The van der Waals surface area contributed by atoms with Gasteiger partial charge in [-0.3, -0.25) is 0 Å². The van der Waals surface area contributed by atoms with Gasteiger partial charge in [0, 0.05) is 0 Å². The number of aliphatic hydroxyl groups excluding tert-OH is 2. The summed E-state index contributed by atoms with van der Waals surface area (Å²) in [6.07, 6.45) is 6.11. The van der Waals surface area contributed by atoms with E-state index in [4.69, 9.17) is 10.2 Å². The van der Waals surface area contributed by atoms with Crippen LogP contribution in [-0.4, -0.2) is 23.4 Å². The Morgan fingerprint density at radius 3 is 1.79 bits per heavy atom. The molecule has 2 aromatic carbocycles. The number of rotatable bonds is 4. The minimum absolute atomic E-state index is 0. The van der Waals surface area contributed by atoms with Crippen LogP contribution in [0, 0.1) is 5.92 Å². The normalized spacial score (nSPS) is 18.4. The first-order valence-corrected chi connectivity index (χ1v) is 11.4. The summed E-state index contributed by atoms with van der Waals surface area (Å²) < 4.78 is 1.64. The molecule has 0 saturated carbocycles. The zero-order valence-electron chi connectivity index (χ0n) is 16.8. The number of fused-ring (bicyclic) bond motifs is 2. The second kappa shape index (κ2) is 12.2. The summed E-state index contributed by atoms with van der Waals surface area (Å²) in [6, 6.07) is 18.0. The zero-order chi connectivity index (χ0) is 19.4. The van der Waals surface area contributed by atoms with Crippen LogP contribution in [0.4, 0.5) is 0 Å². The molecule has 0 radical (unpaired) electrons. The fourth-order valence-electron chi connectivity index (χ4n) is 4.18. The number of halogens is 2. The van der Waals surface area contributed by atoms with Gasteiger partial charge in [0.25, 0.3) is 0 Å². The number of hydrogen-bond acceptors (Lipinski definition) is 2. The van der Waals surface area contributed by atoms with Crippen molar-refractivity contribution in [2.75, 3.05) is 13.2 Å². The van der Waals surface area contributed by atoms with Crippen molar-refractivity contribution >= 4 is 12.2 Å². The van der Waals surface area contributed by atoms with Crippen LogP contribution >= 0.6 is 0 Å². The maximum atomic E-state index is 7.62. The molecule has 0 heterocycles. The average Bonchev–Trinajstić information content (AvgIpc) is 3.17. The Hall–Kier alpha value is -0.710. The first kappa shape index (κ1) is 26.3. The van der Waals surface area contributed by atoms with Crippen molar-refractivity contribution < 1.29 is 59.4 Å². The van der Waals surface area contributed by atoms with E-state index in [9.17, 15) is 0 Å². The third-order valence-electron chi connectivity index (χ3n) is 5.13. The second-order valence-electron chi connectivity index (χ2n) is 7.58. The summed E-state index contributed by atoms with van der Waals surface area (Å²) in [5.41, 5.74) is 7.58. The van der Waals surface area contributed by atoms with Crippen molar-refractivity contribution in [2.45, 2.75) is 32.1 Å². The van der Waals surface area contributed by atoms with Gasteiger partial charge in [0.05, 0.1) is 13.2 Å². The van der Waals surface area contributed by atoms with E-state index >= 15 is 0 Å². The monoisotopic (exact) mass is 597 g/mol. The first-order valence-electron chi connectivity index (χ1n) is 9.60. The van der Waals surface area contributed by atoms with Gasteiger partial charge in [-0.15, -0.1) is 0 Å². The number of aliphatic hydroxyl groups is 2. The number of allylic oxidation sites excluding steroid dienone is 2. The molecule has 0 amide bonds. The molecule has 0 saturated heterocycles. The van der Waals surface area contributed by atoms with E-state index in [0.29, 0.717) is 17.8 Å². The molecule has 0 fully saturated rings. The molecule has 29 heavy (non-hydrogen) atoms. The van der Waals surface area contributed by atoms with Crippen LogP contribution in [0.2, 0.25) is 0 Å². The number of hydrogen-bond donors (Lipinski definition) is 2. The van der Waals surface area contributed by atoms with E-state index < -0.39 is 0 Å². The fourth-order valence-corrected chi connectivity index (χ4v) is 5.89. The van der Waals surface area contributed by atoms with Gasteiger partial charge in [-0.2, -0.15) is 0 Å². The Morgan fingerprint density at radius 2 is 1.28 bits per heavy atom. The van der Waals surface area contributed by atoms with Crippen LogP contribution in [0.15, 0.2) is 57.4 Å². The average molecular weight is 597 g/mol. The van der Waals surface area contributed by atoms with Crippen LogP contribution in [0.3, 0.4) is 0 Å². The Bertz CT molecular complexity index is 859. The van der Waals surface area contributed by atoms with Crippen LogP contribution in [-0.2, 0) is 24.4 Å². The quantitative estimate of drug-likeness (QED) is 0.440. The Morgan fingerprint density at radius 1 is 0.793 bits per heavy atom. The summed E-state index contributed by atoms with van der Waals surface area (Å²) in [5, 5.41) is 15.2. The predicted molar refractivity (Wildman–Crippen MR) is 108 cm³/mol. The fraction of sp³-hybridized carbons (Fsp3) is 0.333. The molecular formula is C24H27Cl2HfO2. The third-order valence-corrected chi connectivity index (χ3v) is 6.76. The molecular weight excluding hydrogens is 570 g/mol. The van der Waals surface area contributed by atoms with E-state index in [1.165, 1.54) is 28.7 Å². The molecule has 4 rings (SSSR count). The molecule has 2 nitrogen and oxygen atoms in total. The van der Waals surface area contributed by atoms with Crippen LogP contribution in [0.1, 0.15) is 54.4 Å². The minimum Gasteiger partial charge on any atom is -1.00 e. The molecule has 0 spiro atoms. The van der Waals surface area contributed by atoms with Crippen molar-refractivity contribution in [3.05, 3.63) is 79.7 Å². The third kappa shape index (κ3) is 5.92.